The molecule has 2 aromatic rings. The maximum atomic E-state index is 12.3. The van der Waals surface area contributed by atoms with Crippen molar-refractivity contribution in [2.24, 2.45) is 5.92 Å². The lowest BCUT2D eigenvalue weighted by Gasteiger charge is -2.18. The van der Waals surface area contributed by atoms with Crippen molar-refractivity contribution in [3.05, 3.63) is 12.7 Å². The van der Waals surface area contributed by atoms with Crippen LogP contribution in [0.3, 0.4) is 0 Å². The van der Waals surface area contributed by atoms with Crippen molar-refractivity contribution in [2.75, 3.05) is 5.73 Å². The maximum Gasteiger partial charge on any atom is 0.246 e. The third-order valence-corrected chi connectivity index (χ3v) is 4.22. The molecule has 152 valence electrons. The van der Waals surface area contributed by atoms with E-state index >= 15 is 0 Å². The average molecular weight is 396 g/mol. The molecule has 28 heavy (non-hydrogen) atoms. The summed E-state index contributed by atoms with van der Waals surface area (Å²) in [6, 6.07) is 0. The molecule has 0 spiro atoms. The topological polar surface area (TPSA) is 195 Å². The Morgan fingerprint density at radius 3 is 2.68 bits per heavy atom. The minimum Gasteiger partial charge on any atom is -0.387 e. The largest absolute Gasteiger partial charge is 0.387 e. The van der Waals surface area contributed by atoms with Crippen molar-refractivity contribution in [1.82, 2.24) is 25.0 Å². The van der Waals surface area contributed by atoms with Gasteiger partial charge in [0.05, 0.1) is 6.33 Å². The van der Waals surface area contributed by atoms with Crippen LogP contribution in [-0.2, 0) is 19.2 Å². The number of anilines is 1. The van der Waals surface area contributed by atoms with Crippen molar-refractivity contribution in [1.29, 1.82) is 0 Å². The monoisotopic (exact) mass is 396 g/mol. The number of nitrogen functional groups attached to an aromatic ring is 1. The molecular formula is C15H20N6O7. The quantitative estimate of drug-likeness (QED) is 0.258. The van der Waals surface area contributed by atoms with Gasteiger partial charge in [-0.1, -0.05) is 13.8 Å². The summed E-state index contributed by atoms with van der Waals surface area (Å²) in [5.41, 5.74) is 8.10. The first kappa shape index (κ1) is 20.0. The van der Waals surface area contributed by atoms with Crippen molar-refractivity contribution < 1.29 is 34.5 Å². The van der Waals surface area contributed by atoms with Gasteiger partial charge in [-0.25, -0.2) is 25.3 Å². The number of amides is 1. The summed E-state index contributed by atoms with van der Waals surface area (Å²) in [5.74, 6) is -1.98. The number of Topliss-reactive ketones (excluding diaryl/α,β-unsaturated/α-hetero) is 1. The Hall–Kier alpha value is -2.71. The van der Waals surface area contributed by atoms with Gasteiger partial charge < -0.3 is 25.8 Å². The van der Waals surface area contributed by atoms with Crippen LogP contribution < -0.4 is 11.2 Å². The van der Waals surface area contributed by atoms with Crippen LogP contribution in [-0.4, -0.2) is 71.1 Å². The van der Waals surface area contributed by atoms with E-state index in [9.17, 15) is 24.9 Å². The Bertz CT molecular complexity index is 887. The molecule has 13 heteroatoms. The van der Waals surface area contributed by atoms with E-state index in [1.807, 2.05) is 5.48 Å². The lowest BCUT2D eigenvalue weighted by molar-refractivity contribution is -0.189. The van der Waals surface area contributed by atoms with Gasteiger partial charge in [-0.05, 0) is 0 Å². The number of hydrogen-bond acceptors (Lipinski definition) is 11. The number of aliphatic hydroxyl groups excluding tert-OH is 3. The zero-order chi connectivity index (χ0) is 20.6. The zero-order valence-corrected chi connectivity index (χ0v) is 15.0. The Kier molecular flexibility index (Phi) is 5.53. The molecule has 6 N–H and O–H groups in total. The number of aromatic nitrogens is 4. The van der Waals surface area contributed by atoms with Crippen LogP contribution in [0, 0.1) is 5.92 Å². The van der Waals surface area contributed by atoms with E-state index in [0.717, 1.165) is 0 Å². The number of ether oxygens (including phenoxy) is 1. The molecule has 2 aromatic heterocycles. The van der Waals surface area contributed by atoms with Crippen LogP contribution in [0.15, 0.2) is 12.7 Å². The second kappa shape index (κ2) is 7.73. The Balaban J connectivity index is 1.75. The number of fused-ring (bicyclic) bond motifs is 1. The number of carbonyl (C=O) groups excluding carboxylic acids is 2. The summed E-state index contributed by atoms with van der Waals surface area (Å²) >= 11 is 0. The fourth-order valence-electron chi connectivity index (χ4n) is 2.61. The highest BCUT2D eigenvalue weighted by molar-refractivity contribution is 5.87. The molecule has 1 saturated heterocycles. The normalized spacial score (nSPS) is 25.9. The predicted octanol–water partition coefficient (Wildman–Crippen LogP) is -2.38. The van der Waals surface area contributed by atoms with Gasteiger partial charge in [-0.2, -0.15) is 0 Å². The molecule has 1 aliphatic heterocycles. The second-order valence-corrected chi connectivity index (χ2v) is 6.50. The molecule has 3 heterocycles. The summed E-state index contributed by atoms with van der Waals surface area (Å²) < 4.78 is 6.72. The first-order chi connectivity index (χ1) is 13.2. The van der Waals surface area contributed by atoms with Crippen LogP contribution in [0.1, 0.15) is 20.1 Å². The average Bonchev–Trinajstić information content (AvgIpc) is 3.21. The standard InChI is InChI=1S/C15H20N6O7/c1-5(2)13(25)20-28-15(26)9(24)10-7(22)8(23)14(27-10)21-4-19-6-11(16)17-3-18-12(6)21/h3-5,7-8,10,14-15,22-23,26H,1-2H3,(H,20,25)(H2,16,17,18)/t7?,8?,10-,14+,15?/m0/s1. The predicted molar refractivity (Wildman–Crippen MR) is 90.7 cm³/mol. The molecule has 0 aromatic carbocycles. The number of ketones is 1. The first-order valence-corrected chi connectivity index (χ1v) is 8.34. The Morgan fingerprint density at radius 1 is 1.29 bits per heavy atom. The minimum absolute atomic E-state index is 0.106. The molecule has 13 nitrogen and oxygen atoms in total. The zero-order valence-electron chi connectivity index (χ0n) is 15.0. The van der Waals surface area contributed by atoms with Crippen LogP contribution >= 0.6 is 0 Å². The number of hydroxylamine groups is 1. The van der Waals surface area contributed by atoms with Crippen molar-refractivity contribution in [3.63, 3.8) is 0 Å². The number of rotatable bonds is 6. The fourth-order valence-corrected chi connectivity index (χ4v) is 2.61. The first-order valence-electron chi connectivity index (χ1n) is 8.34. The number of nitrogens with two attached hydrogens (primary N) is 1. The van der Waals surface area contributed by atoms with Gasteiger partial charge in [-0.15, -0.1) is 0 Å². The summed E-state index contributed by atoms with van der Waals surface area (Å²) in [6.45, 7) is 3.17. The van der Waals surface area contributed by atoms with Gasteiger partial charge in [0.1, 0.15) is 24.1 Å². The second-order valence-electron chi connectivity index (χ2n) is 6.50. The van der Waals surface area contributed by atoms with E-state index in [2.05, 4.69) is 19.8 Å². The van der Waals surface area contributed by atoms with Crippen LogP contribution in [0.5, 0.6) is 0 Å². The van der Waals surface area contributed by atoms with Crippen LogP contribution in [0.2, 0.25) is 0 Å². The smallest absolute Gasteiger partial charge is 0.246 e. The molecular weight excluding hydrogens is 376 g/mol. The number of nitrogens with one attached hydrogen (secondary N) is 1. The number of nitrogens with zero attached hydrogens (tertiary/aromatic N) is 4. The molecule has 5 atom stereocenters. The van der Waals surface area contributed by atoms with Crippen LogP contribution in [0.25, 0.3) is 11.2 Å². The van der Waals surface area contributed by atoms with Crippen molar-refractivity contribution >= 4 is 28.7 Å². The van der Waals surface area contributed by atoms with Gasteiger partial charge in [0.25, 0.3) is 0 Å². The number of carbonyl (C=O) groups is 2. The highest BCUT2D eigenvalue weighted by Crippen LogP contribution is 2.32. The van der Waals surface area contributed by atoms with Crippen molar-refractivity contribution in [3.8, 4) is 0 Å². The lowest BCUT2D eigenvalue weighted by Crippen LogP contribution is -2.45. The molecule has 1 amide bonds. The molecule has 1 fully saturated rings. The van der Waals surface area contributed by atoms with Gasteiger partial charge in [0.2, 0.25) is 18.0 Å². The maximum absolute atomic E-state index is 12.3. The molecule has 0 bridgehead atoms. The Labute approximate surface area is 158 Å². The minimum atomic E-state index is -2.11. The van der Waals surface area contributed by atoms with E-state index in [-0.39, 0.29) is 17.0 Å². The number of imidazole rings is 1. The van der Waals surface area contributed by atoms with E-state index in [1.54, 1.807) is 13.8 Å². The van der Waals surface area contributed by atoms with Gasteiger partial charge in [-0.3, -0.25) is 14.2 Å². The SMILES string of the molecule is CC(C)C(=O)NOC(O)C(=O)[C@H]1O[C@@H](n2cnc3c(N)ncnc32)C(O)C1O. The number of hydrogen-bond donors (Lipinski definition) is 5. The van der Waals surface area contributed by atoms with E-state index in [4.69, 9.17) is 10.5 Å². The summed E-state index contributed by atoms with van der Waals surface area (Å²) in [7, 11) is 0. The molecule has 3 rings (SSSR count). The molecule has 0 saturated carbocycles. The summed E-state index contributed by atoms with van der Waals surface area (Å²) in [5, 5.41) is 30.3. The van der Waals surface area contributed by atoms with Gasteiger partial charge in [0, 0.05) is 5.92 Å². The van der Waals surface area contributed by atoms with E-state index in [0.29, 0.717) is 0 Å². The number of aliphatic hydroxyl groups is 3. The molecule has 0 aliphatic carbocycles. The van der Waals surface area contributed by atoms with Crippen molar-refractivity contribution in [2.45, 2.75) is 44.7 Å². The van der Waals surface area contributed by atoms with E-state index in [1.165, 1.54) is 17.2 Å². The Morgan fingerprint density at radius 2 is 2.00 bits per heavy atom. The third-order valence-electron chi connectivity index (χ3n) is 4.22. The highest BCUT2D eigenvalue weighted by Gasteiger charge is 2.49. The van der Waals surface area contributed by atoms with E-state index < -0.39 is 48.4 Å². The lowest BCUT2D eigenvalue weighted by atomic mass is 10.1. The van der Waals surface area contributed by atoms with Gasteiger partial charge >= 0.3 is 0 Å². The fraction of sp³-hybridized carbons (Fsp3) is 0.533. The third kappa shape index (κ3) is 3.53. The summed E-state index contributed by atoms with van der Waals surface area (Å²) in [4.78, 5) is 40.2. The summed E-state index contributed by atoms with van der Waals surface area (Å²) in [6.07, 6.45) is -5.73. The molecule has 3 unspecified atom stereocenters. The highest BCUT2D eigenvalue weighted by atomic mass is 16.7. The molecule has 0 radical (unpaired) electrons. The molecule has 1 aliphatic rings. The van der Waals surface area contributed by atoms with Gasteiger partial charge in [0.15, 0.2) is 23.8 Å². The van der Waals surface area contributed by atoms with Crippen LogP contribution in [0.4, 0.5) is 5.82 Å².